The van der Waals surface area contributed by atoms with Crippen molar-refractivity contribution in [2.45, 2.75) is 51.2 Å². The van der Waals surface area contributed by atoms with Gasteiger partial charge in [-0.3, -0.25) is 10.1 Å². The highest BCUT2D eigenvalue weighted by atomic mass is 35.5. The summed E-state index contributed by atoms with van der Waals surface area (Å²) < 4.78 is 0. The minimum Gasteiger partial charge on any atom is -0.321 e. The summed E-state index contributed by atoms with van der Waals surface area (Å²) in [5.41, 5.74) is 0.752. The van der Waals surface area contributed by atoms with Crippen LogP contribution < -0.4 is 5.32 Å². The molecule has 0 bridgehead atoms. The zero-order chi connectivity index (χ0) is 15.0. The number of nitrogens with zero attached hydrogens (tertiary/aromatic N) is 1. The van der Waals surface area contributed by atoms with Crippen molar-refractivity contribution in [2.75, 3.05) is 6.54 Å². The van der Waals surface area contributed by atoms with Crippen LogP contribution in [0.1, 0.15) is 51.3 Å². The van der Waals surface area contributed by atoms with Crippen molar-refractivity contribution in [3.05, 3.63) is 34.9 Å². The number of nitrogens with one attached hydrogen (secondary N) is 1. The highest BCUT2D eigenvalue weighted by Gasteiger charge is 2.52. The first-order valence-electron chi connectivity index (χ1n) is 7.86. The fraction of sp³-hybridized carbons (Fsp3) is 0.588. The van der Waals surface area contributed by atoms with Crippen LogP contribution in [-0.4, -0.2) is 22.9 Å². The minimum atomic E-state index is -0.331. The van der Waals surface area contributed by atoms with Gasteiger partial charge in [0, 0.05) is 11.6 Å². The number of benzene rings is 1. The largest absolute Gasteiger partial charge is 0.321 e. The van der Waals surface area contributed by atoms with Gasteiger partial charge in [0.1, 0.15) is 6.17 Å². The summed E-state index contributed by atoms with van der Waals surface area (Å²) in [7, 11) is 0. The Bertz CT molecular complexity index is 537. The number of rotatable bonds is 3. The number of carbonyl (C=O) groups excluding carboxylic acids is 1. The third kappa shape index (κ3) is 2.69. The van der Waals surface area contributed by atoms with E-state index in [0.717, 1.165) is 42.8 Å². The van der Waals surface area contributed by atoms with E-state index in [1.807, 2.05) is 23.1 Å². The SMILES string of the molecule is CC(C)CN1C(=O)C2(CCCC2)NC1c1cccc(Cl)c1. The van der Waals surface area contributed by atoms with Gasteiger partial charge in [0.2, 0.25) is 5.91 Å². The van der Waals surface area contributed by atoms with E-state index in [1.165, 1.54) is 0 Å². The van der Waals surface area contributed by atoms with Crippen molar-refractivity contribution in [1.29, 1.82) is 0 Å². The Morgan fingerprint density at radius 1 is 1.38 bits per heavy atom. The van der Waals surface area contributed by atoms with Gasteiger partial charge in [0.25, 0.3) is 0 Å². The van der Waals surface area contributed by atoms with Crippen molar-refractivity contribution in [2.24, 2.45) is 5.92 Å². The van der Waals surface area contributed by atoms with Gasteiger partial charge in [-0.15, -0.1) is 0 Å². The molecular weight excluding hydrogens is 284 g/mol. The van der Waals surface area contributed by atoms with Crippen LogP contribution in [0.2, 0.25) is 5.02 Å². The zero-order valence-electron chi connectivity index (χ0n) is 12.7. The number of halogens is 1. The Hall–Kier alpha value is -1.06. The molecule has 3 nitrogen and oxygen atoms in total. The predicted octanol–water partition coefficient (Wildman–Crippen LogP) is 3.74. The van der Waals surface area contributed by atoms with Gasteiger partial charge in [-0.25, -0.2) is 0 Å². The van der Waals surface area contributed by atoms with Gasteiger partial charge in [0.05, 0.1) is 5.54 Å². The summed E-state index contributed by atoms with van der Waals surface area (Å²) in [5.74, 6) is 0.729. The molecule has 1 saturated carbocycles. The Kier molecular flexibility index (Phi) is 3.98. The number of carbonyl (C=O) groups is 1. The van der Waals surface area contributed by atoms with Crippen LogP contribution in [0.25, 0.3) is 0 Å². The second-order valence-corrected chi connectivity index (χ2v) is 7.18. The summed E-state index contributed by atoms with van der Waals surface area (Å²) in [6, 6.07) is 7.85. The first-order valence-corrected chi connectivity index (χ1v) is 8.24. The van der Waals surface area contributed by atoms with E-state index in [9.17, 15) is 4.79 Å². The first-order chi connectivity index (χ1) is 10.0. The summed E-state index contributed by atoms with van der Waals surface area (Å²) in [6.07, 6.45) is 4.14. The molecule has 1 aliphatic heterocycles. The monoisotopic (exact) mass is 306 g/mol. The molecule has 1 atom stereocenters. The Labute approximate surface area is 131 Å². The minimum absolute atomic E-state index is 0.0447. The lowest BCUT2D eigenvalue weighted by atomic mass is 9.98. The second-order valence-electron chi connectivity index (χ2n) is 6.74. The Morgan fingerprint density at radius 2 is 2.10 bits per heavy atom. The average Bonchev–Trinajstić information content (AvgIpc) is 3.00. The van der Waals surface area contributed by atoms with E-state index < -0.39 is 0 Å². The lowest BCUT2D eigenvalue weighted by molar-refractivity contribution is -0.133. The lowest BCUT2D eigenvalue weighted by Crippen LogP contribution is -2.44. The molecule has 2 aliphatic rings. The maximum atomic E-state index is 13.0. The first kappa shape index (κ1) is 14.9. The van der Waals surface area contributed by atoms with E-state index in [1.54, 1.807) is 0 Å². The summed E-state index contributed by atoms with van der Waals surface area (Å²) in [5, 5.41) is 4.35. The standard InChI is InChI=1S/C17H23ClN2O/c1-12(2)11-20-15(13-6-5-7-14(18)10-13)19-17(16(20)21)8-3-4-9-17/h5-7,10,12,15,19H,3-4,8-9,11H2,1-2H3. The molecule has 21 heavy (non-hydrogen) atoms. The fourth-order valence-corrected chi connectivity index (χ4v) is 3.85. The zero-order valence-corrected chi connectivity index (χ0v) is 13.5. The van der Waals surface area contributed by atoms with Crippen LogP contribution in [-0.2, 0) is 4.79 Å². The summed E-state index contributed by atoms with van der Waals surface area (Å²) >= 11 is 6.13. The average molecular weight is 307 g/mol. The van der Waals surface area contributed by atoms with E-state index in [2.05, 4.69) is 25.2 Å². The van der Waals surface area contributed by atoms with Gasteiger partial charge in [-0.1, -0.05) is 50.4 Å². The van der Waals surface area contributed by atoms with Crippen LogP contribution in [0.3, 0.4) is 0 Å². The molecule has 4 heteroatoms. The third-order valence-electron chi connectivity index (χ3n) is 4.58. The molecule has 1 heterocycles. The van der Waals surface area contributed by atoms with Crippen molar-refractivity contribution < 1.29 is 4.79 Å². The highest BCUT2D eigenvalue weighted by Crippen LogP contribution is 2.41. The van der Waals surface area contributed by atoms with E-state index in [0.29, 0.717) is 5.92 Å². The maximum absolute atomic E-state index is 13.0. The lowest BCUT2D eigenvalue weighted by Gasteiger charge is -2.26. The molecule has 1 N–H and O–H groups in total. The molecule has 1 unspecified atom stereocenters. The summed E-state index contributed by atoms with van der Waals surface area (Å²) in [4.78, 5) is 15.0. The maximum Gasteiger partial charge on any atom is 0.244 e. The van der Waals surface area contributed by atoms with Crippen LogP contribution in [0.4, 0.5) is 0 Å². The number of amides is 1. The molecule has 114 valence electrons. The predicted molar refractivity (Wildman–Crippen MR) is 85.1 cm³/mol. The van der Waals surface area contributed by atoms with Gasteiger partial charge < -0.3 is 4.90 Å². The molecule has 0 aromatic heterocycles. The molecular formula is C17H23ClN2O. The van der Waals surface area contributed by atoms with Crippen LogP contribution in [0.5, 0.6) is 0 Å². The molecule has 2 fully saturated rings. The third-order valence-corrected chi connectivity index (χ3v) is 4.81. The van der Waals surface area contributed by atoms with Crippen LogP contribution >= 0.6 is 11.6 Å². The second kappa shape index (κ2) is 5.62. The fourth-order valence-electron chi connectivity index (χ4n) is 3.65. The smallest absolute Gasteiger partial charge is 0.244 e. The van der Waals surface area contributed by atoms with Gasteiger partial charge in [-0.2, -0.15) is 0 Å². The molecule has 1 saturated heterocycles. The topological polar surface area (TPSA) is 32.3 Å². The molecule has 1 spiro atoms. The quantitative estimate of drug-likeness (QED) is 0.922. The number of hydrogen-bond acceptors (Lipinski definition) is 2. The van der Waals surface area contributed by atoms with Gasteiger partial charge in [0.15, 0.2) is 0 Å². The Morgan fingerprint density at radius 3 is 2.71 bits per heavy atom. The van der Waals surface area contributed by atoms with Crippen molar-refractivity contribution in [3.63, 3.8) is 0 Å². The summed E-state index contributed by atoms with van der Waals surface area (Å²) in [6.45, 7) is 5.09. The molecule has 1 amide bonds. The normalized spacial score (nSPS) is 24.5. The van der Waals surface area contributed by atoms with Crippen LogP contribution in [0, 0.1) is 5.92 Å². The van der Waals surface area contributed by atoms with Crippen molar-refractivity contribution in [1.82, 2.24) is 10.2 Å². The van der Waals surface area contributed by atoms with Crippen molar-refractivity contribution >= 4 is 17.5 Å². The van der Waals surface area contributed by atoms with Crippen molar-refractivity contribution in [3.8, 4) is 0 Å². The van der Waals surface area contributed by atoms with E-state index >= 15 is 0 Å². The highest BCUT2D eigenvalue weighted by molar-refractivity contribution is 6.30. The van der Waals surface area contributed by atoms with Gasteiger partial charge >= 0.3 is 0 Å². The number of hydrogen-bond donors (Lipinski definition) is 1. The van der Waals surface area contributed by atoms with Crippen LogP contribution in [0.15, 0.2) is 24.3 Å². The molecule has 0 radical (unpaired) electrons. The molecule has 1 aliphatic carbocycles. The van der Waals surface area contributed by atoms with E-state index in [-0.39, 0.29) is 17.6 Å². The van der Waals surface area contributed by atoms with E-state index in [4.69, 9.17) is 11.6 Å². The molecule has 1 aromatic carbocycles. The molecule has 3 rings (SSSR count). The Balaban J connectivity index is 1.94. The molecule has 1 aromatic rings. The van der Waals surface area contributed by atoms with Gasteiger partial charge in [-0.05, 0) is 36.5 Å².